The zero-order valence-electron chi connectivity index (χ0n) is 14.3. The van der Waals surface area contributed by atoms with Crippen LogP contribution in [0.25, 0.3) is 0 Å². The van der Waals surface area contributed by atoms with E-state index < -0.39 is 5.41 Å². The van der Waals surface area contributed by atoms with Crippen molar-refractivity contribution >= 4 is 29.1 Å². The zero-order chi connectivity index (χ0) is 18.1. The van der Waals surface area contributed by atoms with E-state index in [2.05, 4.69) is 4.98 Å². The highest BCUT2D eigenvalue weighted by Crippen LogP contribution is 2.43. The van der Waals surface area contributed by atoms with Gasteiger partial charge in [0.1, 0.15) is 11.1 Å². The number of pyridine rings is 1. The lowest BCUT2D eigenvalue weighted by Gasteiger charge is -2.43. The van der Waals surface area contributed by atoms with Crippen LogP contribution in [0.2, 0.25) is 10.0 Å². The van der Waals surface area contributed by atoms with Crippen molar-refractivity contribution in [3.05, 3.63) is 58.2 Å². The Labute approximate surface area is 163 Å². The van der Waals surface area contributed by atoms with Crippen LogP contribution in [0.4, 0.5) is 0 Å². The van der Waals surface area contributed by atoms with Crippen molar-refractivity contribution in [3.63, 3.8) is 0 Å². The summed E-state index contributed by atoms with van der Waals surface area (Å²) in [5, 5.41) is 1.18. The first kappa shape index (κ1) is 17.6. The molecule has 4 nitrogen and oxygen atoms in total. The fourth-order valence-electron chi connectivity index (χ4n) is 3.97. The van der Waals surface area contributed by atoms with Crippen LogP contribution in [0, 0.1) is 0 Å². The molecule has 0 atom stereocenters. The molecule has 1 saturated heterocycles. The van der Waals surface area contributed by atoms with E-state index in [1.54, 1.807) is 18.3 Å². The number of benzene rings is 1. The maximum atomic E-state index is 13.3. The van der Waals surface area contributed by atoms with Crippen molar-refractivity contribution in [3.8, 4) is 5.88 Å². The minimum absolute atomic E-state index is 0.0602. The Hall–Kier alpha value is -1.78. The van der Waals surface area contributed by atoms with Gasteiger partial charge in [-0.1, -0.05) is 48.2 Å². The maximum Gasteiger partial charge on any atom is 0.233 e. The third-order valence-electron chi connectivity index (χ3n) is 5.40. The number of rotatable bonds is 4. The number of aromatic nitrogens is 1. The molecule has 1 saturated carbocycles. The van der Waals surface area contributed by atoms with Crippen LogP contribution in [-0.2, 0) is 10.2 Å². The molecular weight excluding hydrogens is 371 g/mol. The van der Waals surface area contributed by atoms with Crippen molar-refractivity contribution in [1.82, 2.24) is 9.88 Å². The van der Waals surface area contributed by atoms with Gasteiger partial charge in [0.15, 0.2) is 0 Å². The van der Waals surface area contributed by atoms with Gasteiger partial charge in [0, 0.05) is 11.2 Å². The topological polar surface area (TPSA) is 42.4 Å². The normalized spacial score (nSPS) is 19.2. The van der Waals surface area contributed by atoms with E-state index in [1.807, 2.05) is 29.2 Å². The third kappa shape index (κ3) is 3.17. The van der Waals surface area contributed by atoms with E-state index in [-0.39, 0.29) is 12.0 Å². The van der Waals surface area contributed by atoms with E-state index in [9.17, 15) is 4.79 Å². The van der Waals surface area contributed by atoms with Gasteiger partial charge in [-0.25, -0.2) is 4.98 Å². The lowest BCUT2D eigenvalue weighted by molar-refractivity contribution is -0.146. The molecule has 2 fully saturated rings. The number of carbonyl (C=O) groups is 1. The summed E-state index contributed by atoms with van der Waals surface area (Å²) in [4.78, 5) is 19.3. The molecule has 2 aliphatic rings. The first-order chi connectivity index (χ1) is 12.6. The van der Waals surface area contributed by atoms with Crippen LogP contribution in [0.5, 0.6) is 5.88 Å². The van der Waals surface area contributed by atoms with Crippen LogP contribution in [-0.4, -0.2) is 35.0 Å². The van der Waals surface area contributed by atoms with Gasteiger partial charge in [-0.15, -0.1) is 0 Å². The minimum Gasteiger partial charge on any atom is -0.470 e. The van der Waals surface area contributed by atoms with Crippen molar-refractivity contribution in [1.29, 1.82) is 0 Å². The Morgan fingerprint density at radius 2 is 1.81 bits per heavy atom. The molecule has 0 spiro atoms. The Balaban J connectivity index is 1.45. The van der Waals surface area contributed by atoms with Gasteiger partial charge in [0.2, 0.25) is 11.8 Å². The molecule has 1 amide bonds. The first-order valence-corrected chi connectivity index (χ1v) is 9.67. The molecule has 1 aromatic heterocycles. The van der Waals surface area contributed by atoms with Crippen LogP contribution < -0.4 is 4.74 Å². The molecule has 136 valence electrons. The lowest BCUT2D eigenvalue weighted by Crippen LogP contribution is -2.60. The van der Waals surface area contributed by atoms with E-state index in [0.29, 0.717) is 29.0 Å². The molecule has 1 aliphatic carbocycles. The fraction of sp³-hybridized carbons (Fsp3) is 0.400. The summed E-state index contributed by atoms with van der Waals surface area (Å²) < 4.78 is 5.82. The number of nitrogens with zero attached hydrogens (tertiary/aromatic N) is 2. The Morgan fingerprint density at radius 1 is 1.12 bits per heavy atom. The molecule has 2 heterocycles. The number of hydrogen-bond donors (Lipinski definition) is 0. The highest BCUT2D eigenvalue weighted by Gasteiger charge is 2.48. The number of likely N-dealkylation sites (tertiary alicyclic amines) is 1. The highest BCUT2D eigenvalue weighted by atomic mass is 35.5. The molecule has 0 bridgehead atoms. The summed E-state index contributed by atoms with van der Waals surface area (Å²) in [6.07, 6.45) is 5.52. The summed E-state index contributed by atoms with van der Waals surface area (Å²) >= 11 is 12.1. The summed E-state index contributed by atoms with van der Waals surface area (Å²) in [5.41, 5.74) is 0.652. The van der Waals surface area contributed by atoms with Crippen LogP contribution in [0.1, 0.15) is 31.2 Å². The summed E-state index contributed by atoms with van der Waals surface area (Å²) in [6.45, 7) is 1.14. The average Bonchev–Trinajstić information content (AvgIpc) is 3.10. The summed E-state index contributed by atoms with van der Waals surface area (Å²) in [7, 11) is 0. The number of carbonyl (C=O) groups excluding carboxylic acids is 1. The molecular formula is C20H20Cl2N2O2. The Bertz CT molecular complexity index is 798. The second-order valence-corrected chi connectivity index (χ2v) is 7.88. The highest BCUT2D eigenvalue weighted by molar-refractivity contribution is 6.31. The predicted octanol–water partition coefficient (Wildman–Crippen LogP) is 4.49. The zero-order valence-corrected chi connectivity index (χ0v) is 15.8. The molecule has 4 rings (SSSR count). The molecule has 26 heavy (non-hydrogen) atoms. The van der Waals surface area contributed by atoms with Crippen molar-refractivity contribution < 1.29 is 9.53 Å². The van der Waals surface area contributed by atoms with Crippen LogP contribution in [0.3, 0.4) is 0 Å². The summed E-state index contributed by atoms with van der Waals surface area (Å²) in [5.74, 6) is 0.629. The van der Waals surface area contributed by atoms with Crippen molar-refractivity contribution in [2.24, 2.45) is 0 Å². The quantitative estimate of drug-likeness (QED) is 0.771. The van der Waals surface area contributed by atoms with Gasteiger partial charge in [0.25, 0.3) is 0 Å². The predicted molar refractivity (Wildman–Crippen MR) is 102 cm³/mol. The van der Waals surface area contributed by atoms with Gasteiger partial charge in [-0.3, -0.25) is 4.79 Å². The molecule has 1 aromatic carbocycles. The molecule has 0 N–H and O–H groups in total. The van der Waals surface area contributed by atoms with Crippen LogP contribution >= 0.6 is 23.2 Å². The molecule has 6 heteroatoms. The fourth-order valence-corrected chi connectivity index (χ4v) is 4.26. The minimum atomic E-state index is -0.418. The van der Waals surface area contributed by atoms with E-state index in [1.165, 1.54) is 0 Å². The summed E-state index contributed by atoms with van der Waals surface area (Å²) in [6, 6.07) is 11.2. The molecule has 2 aromatic rings. The lowest BCUT2D eigenvalue weighted by atomic mass is 9.77. The monoisotopic (exact) mass is 390 g/mol. The second kappa shape index (κ2) is 7.09. The largest absolute Gasteiger partial charge is 0.470 e. The van der Waals surface area contributed by atoms with Gasteiger partial charge in [-0.05, 0) is 42.7 Å². The smallest absolute Gasteiger partial charge is 0.233 e. The van der Waals surface area contributed by atoms with Crippen molar-refractivity contribution in [2.45, 2.75) is 37.2 Å². The number of ether oxygens (including phenoxy) is 1. The number of amides is 1. The second-order valence-electron chi connectivity index (χ2n) is 7.04. The molecule has 0 unspecified atom stereocenters. The molecule has 1 aliphatic heterocycles. The van der Waals surface area contributed by atoms with Crippen LogP contribution in [0.15, 0.2) is 42.6 Å². The van der Waals surface area contributed by atoms with E-state index in [0.717, 1.165) is 31.2 Å². The maximum absolute atomic E-state index is 13.3. The third-order valence-corrected chi connectivity index (χ3v) is 5.94. The Kier molecular flexibility index (Phi) is 4.80. The molecule has 0 radical (unpaired) electrons. The standard InChI is InChI=1S/C20H20Cl2N2O2/c21-15-7-5-14(6-8-15)20(9-1-2-10-20)19(25)24-12-16(13-24)26-18-17(22)4-3-11-23-18/h3-8,11,16H,1-2,9-10,12-13H2. The Morgan fingerprint density at radius 3 is 2.46 bits per heavy atom. The van der Waals surface area contributed by atoms with E-state index >= 15 is 0 Å². The SMILES string of the molecule is O=C(N1CC(Oc2ncccc2Cl)C1)C1(c2ccc(Cl)cc2)CCCC1. The van der Waals surface area contributed by atoms with Gasteiger partial charge in [0.05, 0.1) is 18.5 Å². The van der Waals surface area contributed by atoms with Crippen molar-refractivity contribution in [2.75, 3.05) is 13.1 Å². The average molecular weight is 391 g/mol. The number of hydrogen-bond acceptors (Lipinski definition) is 3. The van der Waals surface area contributed by atoms with Gasteiger partial charge >= 0.3 is 0 Å². The first-order valence-electron chi connectivity index (χ1n) is 8.91. The van der Waals surface area contributed by atoms with Gasteiger partial charge in [-0.2, -0.15) is 0 Å². The van der Waals surface area contributed by atoms with E-state index in [4.69, 9.17) is 27.9 Å². The van der Waals surface area contributed by atoms with Gasteiger partial charge < -0.3 is 9.64 Å². The number of halogens is 2.